The highest BCUT2D eigenvalue weighted by Gasteiger charge is 2.04. The molecule has 0 aromatic heterocycles. The van der Waals surface area contributed by atoms with Crippen molar-refractivity contribution >= 4 is 50.6 Å². The summed E-state index contributed by atoms with van der Waals surface area (Å²) in [7, 11) is 0. The molecule has 0 unspecified atom stereocenters. The van der Waals surface area contributed by atoms with Gasteiger partial charge in [0.25, 0.3) is 0 Å². The van der Waals surface area contributed by atoms with Gasteiger partial charge in [-0.1, -0.05) is 40.2 Å². The van der Waals surface area contributed by atoms with E-state index in [1.54, 1.807) is 18.3 Å². The molecule has 0 aliphatic rings. The summed E-state index contributed by atoms with van der Waals surface area (Å²) < 4.78 is 20.7. The van der Waals surface area contributed by atoms with Crippen LogP contribution in [0, 0.1) is 9.39 Å². The van der Waals surface area contributed by atoms with Gasteiger partial charge in [0.1, 0.15) is 18.2 Å². The number of nitrogens with one attached hydrogen (secondary N) is 1. The Morgan fingerprint density at radius 3 is 2.45 bits per heavy atom. The number of carbonyl (C=O) groups excluding carboxylic acids is 1. The van der Waals surface area contributed by atoms with Crippen molar-refractivity contribution in [1.29, 1.82) is 0 Å². The van der Waals surface area contributed by atoms with Crippen LogP contribution in [0.4, 0.5) is 4.39 Å². The number of nitrogens with zero attached hydrogens (tertiary/aromatic N) is 1. The molecule has 7 heteroatoms. The molecule has 0 heterocycles. The highest BCUT2D eigenvalue weighted by Crippen LogP contribution is 2.23. The molecule has 0 bridgehead atoms. The number of hydrogen-bond acceptors (Lipinski definition) is 3. The van der Waals surface area contributed by atoms with Crippen molar-refractivity contribution in [2.45, 2.75) is 13.0 Å². The summed E-state index contributed by atoms with van der Waals surface area (Å²) in [5, 5.41) is 3.98. The molecule has 4 nitrogen and oxygen atoms in total. The molecule has 0 saturated heterocycles. The zero-order valence-electron chi connectivity index (χ0n) is 15.2. The summed E-state index contributed by atoms with van der Waals surface area (Å²) in [5.41, 5.74) is 5.12. The number of halogens is 3. The Morgan fingerprint density at radius 1 is 1.07 bits per heavy atom. The molecule has 3 aromatic rings. The average molecular weight is 567 g/mol. The van der Waals surface area contributed by atoms with E-state index in [1.807, 2.05) is 42.5 Å². The topological polar surface area (TPSA) is 50.7 Å². The number of ether oxygens (including phenoxy) is 1. The third-order valence-corrected chi connectivity index (χ3v) is 5.32. The lowest BCUT2D eigenvalue weighted by Gasteiger charge is -2.09. The van der Waals surface area contributed by atoms with Gasteiger partial charge >= 0.3 is 0 Å². The van der Waals surface area contributed by atoms with Crippen LogP contribution in [-0.2, 0) is 17.8 Å². The van der Waals surface area contributed by atoms with Crippen molar-refractivity contribution in [3.63, 3.8) is 0 Å². The fourth-order valence-electron chi connectivity index (χ4n) is 2.46. The highest BCUT2D eigenvalue weighted by molar-refractivity contribution is 14.1. The van der Waals surface area contributed by atoms with Gasteiger partial charge < -0.3 is 4.74 Å². The molecule has 29 heavy (non-hydrogen) atoms. The summed E-state index contributed by atoms with van der Waals surface area (Å²) >= 11 is 5.62. The summed E-state index contributed by atoms with van der Waals surface area (Å²) in [6.07, 6.45) is 1.71. The van der Waals surface area contributed by atoms with Crippen LogP contribution in [0.3, 0.4) is 0 Å². The first kappa shape index (κ1) is 21.4. The summed E-state index contributed by atoms with van der Waals surface area (Å²) in [4.78, 5) is 11.9. The van der Waals surface area contributed by atoms with Crippen LogP contribution in [0.2, 0.25) is 0 Å². The lowest BCUT2D eigenvalue weighted by molar-refractivity contribution is -0.120. The number of carbonyl (C=O) groups is 1. The number of benzene rings is 3. The van der Waals surface area contributed by atoms with Crippen molar-refractivity contribution in [3.05, 3.63) is 97.3 Å². The second-order valence-electron chi connectivity index (χ2n) is 6.20. The van der Waals surface area contributed by atoms with Gasteiger partial charge in [-0.15, -0.1) is 0 Å². The molecule has 148 valence electrons. The lowest BCUT2D eigenvalue weighted by Crippen LogP contribution is -2.19. The predicted molar refractivity (Wildman–Crippen MR) is 123 cm³/mol. The van der Waals surface area contributed by atoms with E-state index in [2.05, 4.69) is 49.0 Å². The Kier molecular flexibility index (Phi) is 7.76. The zero-order chi connectivity index (χ0) is 20.6. The Bertz CT molecular complexity index is 1010. The van der Waals surface area contributed by atoms with E-state index in [0.29, 0.717) is 6.61 Å². The number of hydrazone groups is 1. The van der Waals surface area contributed by atoms with Crippen LogP contribution in [0.1, 0.15) is 16.7 Å². The van der Waals surface area contributed by atoms with Gasteiger partial charge in [-0.2, -0.15) is 5.10 Å². The Hall–Kier alpha value is -2.26. The fourth-order valence-corrected chi connectivity index (χ4v) is 3.42. The van der Waals surface area contributed by atoms with Gasteiger partial charge in [0.05, 0.1) is 16.2 Å². The maximum absolute atomic E-state index is 12.9. The van der Waals surface area contributed by atoms with E-state index in [1.165, 1.54) is 12.1 Å². The van der Waals surface area contributed by atoms with E-state index in [9.17, 15) is 9.18 Å². The Labute approximate surface area is 190 Å². The summed E-state index contributed by atoms with van der Waals surface area (Å²) in [6, 6.07) is 19.5. The van der Waals surface area contributed by atoms with Crippen LogP contribution in [-0.4, -0.2) is 12.1 Å². The molecule has 0 spiro atoms. The maximum Gasteiger partial charge on any atom is 0.244 e. The highest BCUT2D eigenvalue weighted by atomic mass is 127. The lowest BCUT2D eigenvalue weighted by atomic mass is 10.1. The molecular formula is C22H17BrFIN2O2. The zero-order valence-corrected chi connectivity index (χ0v) is 19.0. The number of amides is 1. The first-order valence-electron chi connectivity index (χ1n) is 8.73. The van der Waals surface area contributed by atoms with Crippen molar-refractivity contribution in [3.8, 4) is 5.75 Å². The Morgan fingerprint density at radius 2 is 1.76 bits per heavy atom. The molecule has 1 N–H and O–H groups in total. The predicted octanol–water partition coefficient (Wildman–Crippen LogP) is 5.46. The number of rotatable bonds is 7. The van der Waals surface area contributed by atoms with Crippen LogP contribution >= 0.6 is 38.5 Å². The van der Waals surface area contributed by atoms with Crippen molar-refractivity contribution in [2.24, 2.45) is 5.10 Å². The molecule has 0 aliphatic carbocycles. The normalized spacial score (nSPS) is 10.9. The smallest absolute Gasteiger partial charge is 0.244 e. The third kappa shape index (κ3) is 6.93. The van der Waals surface area contributed by atoms with Crippen molar-refractivity contribution in [1.82, 2.24) is 5.43 Å². The molecule has 0 atom stereocenters. The van der Waals surface area contributed by atoms with Crippen LogP contribution in [0.5, 0.6) is 5.75 Å². The van der Waals surface area contributed by atoms with Crippen LogP contribution in [0.25, 0.3) is 0 Å². The van der Waals surface area contributed by atoms with Gasteiger partial charge in [0, 0.05) is 4.47 Å². The van der Waals surface area contributed by atoms with Crippen molar-refractivity contribution < 1.29 is 13.9 Å². The second kappa shape index (κ2) is 10.5. The first-order chi connectivity index (χ1) is 14.0. The van der Waals surface area contributed by atoms with Gasteiger partial charge in [0.2, 0.25) is 5.91 Å². The Balaban J connectivity index is 1.51. The minimum Gasteiger partial charge on any atom is -0.488 e. The first-order valence-corrected chi connectivity index (χ1v) is 10.6. The third-order valence-electron chi connectivity index (χ3n) is 3.94. The van der Waals surface area contributed by atoms with Gasteiger partial charge in [-0.05, 0) is 81.7 Å². The molecule has 3 rings (SSSR count). The SMILES string of the molecule is O=C(Cc1ccc(F)cc1)N/N=C/c1ccc(OCc2ccc(Br)cc2)c(I)c1. The minimum absolute atomic E-state index is 0.137. The van der Waals surface area contributed by atoms with E-state index in [-0.39, 0.29) is 18.1 Å². The summed E-state index contributed by atoms with van der Waals surface area (Å²) in [5.74, 6) is 0.189. The molecule has 0 fully saturated rings. The molecule has 0 saturated carbocycles. The van der Waals surface area contributed by atoms with Crippen molar-refractivity contribution in [2.75, 3.05) is 0 Å². The quantitative estimate of drug-likeness (QED) is 0.234. The second-order valence-corrected chi connectivity index (χ2v) is 8.28. The van der Waals surface area contributed by atoms with Gasteiger partial charge in [0.15, 0.2) is 0 Å². The fraction of sp³-hybridized carbons (Fsp3) is 0.0909. The van der Waals surface area contributed by atoms with E-state index in [4.69, 9.17) is 4.74 Å². The van der Waals surface area contributed by atoms with Gasteiger partial charge in [-0.25, -0.2) is 9.82 Å². The molecule has 0 aliphatic heterocycles. The molecular weight excluding hydrogens is 550 g/mol. The van der Waals surface area contributed by atoms with E-state index < -0.39 is 0 Å². The van der Waals surface area contributed by atoms with Crippen LogP contribution < -0.4 is 10.2 Å². The minimum atomic E-state index is -0.328. The molecule has 0 radical (unpaired) electrons. The van der Waals surface area contributed by atoms with Crippen LogP contribution in [0.15, 0.2) is 76.3 Å². The maximum atomic E-state index is 12.9. The number of hydrogen-bond donors (Lipinski definition) is 1. The molecule has 1 amide bonds. The van der Waals surface area contributed by atoms with E-state index >= 15 is 0 Å². The standard InChI is InChI=1S/C22H17BrFIN2O2/c23-18-6-1-16(2-7-18)14-29-21-10-5-17(11-20(21)25)13-26-27-22(28)12-15-3-8-19(24)9-4-15/h1-11,13H,12,14H2,(H,27,28)/b26-13+. The largest absolute Gasteiger partial charge is 0.488 e. The molecule has 3 aromatic carbocycles. The van der Waals surface area contributed by atoms with Gasteiger partial charge in [-0.3, -0.25) is 4.79 Å². The monoisotopic (exact) mass is 566 g/mol. The average Bonchev–Trinajstić information content (AvgIpc) is 2.70. The summed E-state index contributed by atoms with van der Waals surface area (Å²) in [6.45, 7) is 0.482. The van der Waals surface area contributed by atoms with E-state index in [0.717, 1.165) is 30.5 Å².